The average Bonchev–Trinajstić information content (AvgIpc) is 3.26. The molecule has 0 spiro atoms. The van der Waals surface area contributed by atoms with Crippen molar-refractivity contribution in [3.8, 4) is 0 Å². The Bertz CT molecular complexity index is 1080. The lowest BCUT2D eigenvalue weighted by molar-refractivity contribution is -0.161. The maximum atomic E-state index is 12.7. The Kier molecular flexibility index (Phi) is 46.2. The Balaban J connectivity index is 4.13. The van der Waals surface area contributed by atoms with Crippen LogP contribution in [-0.2, 0) is 32.7 Å². The van der Waals surface area contributed by atoms with E-state index in [-0.39, 0.29) is 19.4 Å². The van der Waals surface area contributed by atoms with E-state index in [1.165, 1.54) is 161 Å². The van der Waals surface area contributed by atoms with Crippen LogP contribution in [0, 0.1) is 0 Å². The quantitative estimate of drug-likeness (QED) is 0.0233. The van der Waals surface area contributed by atoms with Gasteiger partial charge in [0.05, 0.1) is 19.8 Å². The molecule has 10 nitrogen and oxygen atoms in total. The number of hydrogen-bond donors (Lipinski definition) is 3. The molecule has 3 atom stereocenters. The van der Waals surface area contributed by atoms with Crippen molar-refractivity contribution in [3.63, 3.8) is 0 Å². The van der Waals surface area contributed by atoms with Gasteiger partial charge in [0.2, 0.25) is 0 Å². The first-order valence-corrected chi connectivity index (χ1v) is 27.3. The van der Waals surface area contributed by atoms with Crippen molar-refractivity contribution in [2.75, 3.05) is 26.4 Å². The summed E-state index contributed by atoms with van der Waals surface area (Å²) in [5.41, 5.74) is 0. The highest BCUT2D eigenvalue weighted by Gasteiger charge is 2.27. The largest absolute Gasteiger partial charge is 0.472 e. The Labute approximate surface area is 380 Å². The van der Waals surface area contributed by atoms with Crippen molar-refractivity contribution in [1.82, 2.24) is 0 Å². The second kappa shape index (κ2) is 47.4. The molecule has 0 heterocycles. The maximum Gasteiger partial charge on any atom is 0.472 e. The van der Waals surface area contributed by atoms with E-state index in [2.05, 4.69) is 38.2 Å². The molecule has 0 bridgehead atoms. The Morgan fingerprint density at radius 3 is 1.27 bits per heavy atom. The lowest BCUT2D eigenvalue weighted by Gasteiger charge is -2.20. The highest BCUT2D eigenvalue weighted by atomic mass is 31.2. The first-order chi connectivity index (χ1) is 30.2. The smallest absolute Gasteiger partial charge is 0.462 e. The van der Waals surface area contributed by atoms with Crippen molar-refractivity contribution in [3.05, 3.63) is 24.3 Å². The number of aliphatic hydroxyl groups excluding tert-OH is 2. The van der Waals surface area contributed by atoms with E-state index in [0.717, 1.165) is 51.4 Å². The van der Waals surface area contributed by atoms with Crippen LogP contribution in [-0.4, -0.2) is 65.7 Å². The third-order valence-electron chi connectivity index (χ3n) is 11.4. The van der Waals surface area contributed by atoms with Gasteiger partial charge < -0.3 is 24.6 Å². The Hall–Kier alpha value is -1.55. The van der Waals surface area contributed by atoms with Gasteiger partial charge in [0, 0.05) is 12.8 Å². The van der Waals surface area contributed by atoms with E-state index in [9.17, 15) is 24.2 Å². The van der Waals surface area contributed by atoms with E-state index in [0.29, 0.717) is 12.8 Å². The Morgan fingerprint density at radius 2 is 0.839 bits per heavy atom. The van der Waals surface area contributed by atoms with Crippen molar-refractivity contribution in [2.24, 2.45) is 0 Å². The summed E-state index contributed by atoms with van der Waals surface area (Å²) >= 11 is 0. The minimum Gasteiger partial charge on any atom is -0.462 e. The van der Waals surface area contributed by atoms with E-state index >= 15 is 0 Å². The monoisotopic (exact) mass is 901 g/mol. The standard InChI is InChI=1S/C51H97O10P/c1-3-5-7-9-11-13-15-17-19-21-22-23-24-25-27-28-30-32-34-36-38-40-42-50(54)58-46-49(47-60-62(56,57)59-45-48(53)44-52)61-51(55)43-41-39-37-35-33-31-29-26-20-18-16-14-12-10-8-6-4-2/h12,14,18,20,48-49,52-53H,3-11,13,15-17,19,21-47H2,1-2H3,(H,56,57)/b14-12-,20-18-. The Morgan fingerprint density at radius 1 is 0.484 bits per heavy atom. The lowest BCUT2D eigenvalue weighted by atomic mass is 10.0. The van der Waals surface area contributed by atoms with Crippen LogP contribution in [0.1, 0.15) is 251 Å². The summed E-state index contributed by atoms with van der Waals surface area (Å²) in [4.78, 5) is 35.2. The second-order valence-electron chi connectivity index (χ2n) is 17.6. The van der Waals surface area contributed by atoms with Crippen molar-refractivity contribution >= 4 is 19.8 Å². The van der Waals surface area contributed by atoms with Gasteiger partial charge in [0.15, 0.2) is 6.10 Å². The van der Waals surface area contributed by atoms with Crippen LogP contribution in [0.3, 0.4) is 0 Å². The first-order valence-electron chi connectivity index (χ1n) is 25.8. The number of aliphatic hydroxyl groups is 2. The van der Waals surface area contributed by atoms with Crippen LogP contribution in [0.2, 0.25) is 0 Å². The van der Waals surface area contributed by atoms with Crippen LogP contribution in [0.15, 0.2) is 24.3 Å². The highest BCUT2D eigenvalue weighted by molar-refractivity contribution is 7.47. The third-order valence-corrected chi connectivity index (χ3v) is 12.3. The fraction of sp³-hybridized carbons (Fsp3) is 0.882. The minimum atomic E-state index is -4.62. The van der Waals surface area contributed by atoms with E-state index < -0.39 is 51.8 Å². The summed E-state index contributed by atoms with van der Waals surface area (Å²) in [7, 11) is -4.62. The number of ether oxygens (including phenoxy) is 2. The van der Waals surface area contributed by atoms with Gasteiger partial charge in [0.25, 0.3) is 0 Å². The highest BCUT2D eigenvalue weighted by Crippen LogP contribution is 2.43. The molecule has 0 aliphatic carbocycles. The number of unbranched alkanes of at least 4 members (excludes halogenated alkanes) is 31. The third kappa shape index (κ3) is 46.4. The number of phosphoric ester groups is 1. The predicted octanol–water partition coefficient (Wildman–Crippen LogP) is 14.5. The molecule has 0 radical (unpaired) electrons. The van der Waals surface area contributed by atoms with Crippen LogP contribution < -0.4 is 0 Å². The predicted molar refractivity (Wildman–Crippen MR) is 256 cm³/mol. The molecule has 0 aromatic heterocycles. The average molecular weight is 901 g/mol. The van der Waals surface area contributed by atoms with Gasteiger partial charge in [-0.2, -0.15) is 0 Å². The van der Waals surface area contributed by atoms with Crippen LogP contribution >= 0.6 is 7.82 Å². The van der Waals surface area contributed by atoms with Crippen LogP contribution in [0.25, 0.3) is 0 Å². The molecular weight excluding hydrogens is 804 g/mol. The molecule has 11 heteroatoms. The minimum absolute atomic E-state index is 0.178. The molecule has 0 amide bonds. The van der Waals surface area contributed by atoms with Crippen molar-refractivity contribution < 1.29 is 47.8 Å². The fourth-order valence-electron chi connectivity index (χ4n) is 7.38. The lowest BCUT2D eigenvalue weighted by Crippen LogP contribution is -2.29. The number of phosphoric acid groups is 1. The van der Waals surface area contributed by atoms with Crippen molar-refractivity contribution in [1.29, 1.82) is 0 Å². The second-order valence-corrected chi connectivity index (χ2v) is 19.0. The van der Waals surface area contributed by atoms with Crippen LogP contribution in [0.4, 0.5) is 0 Å². The molecule has 0 aromatic rings. The fourth-order valence-corrected chi connectivity index (χ4v) is 8.17. The summed E-state index contributed by atoms with van der Waals surface area (Å²) in [6.07, 6.45) is 50.0. The van der Waals surface area contributed by atoms with Gasteiger partial charge >= 0.3 is 19.8 Å². The number of allylic oxidation sites excluding steroid dienone is 4. The first kappa shape index (κ1) is 60.5. The topological polar surface area (TPSA) is 149 Å². The molecule has 3 N–H and O–H groups in total. The van der Waals surface area contributed by atoms with Gasteiger partial charge in [-0.1, -0.05) is 218 Å². The zero-order valence-corrected chi connectivity index (χ0v) is 41.0. The zero-order valence-electron chi connectivity index (χ0n) is 40.1. The summed E-state index contributed by atoms with van der Waals surface area (Å²) in [6.45, 7) is 2.40. The summed E-state index contributed by atoms with van der Waals surface area (Å²) in [5.74, 6) is -0.920. The van der Waals surface area contributed by atoms with Gasteiger partial charge in [-0.3, -0.25) is 18.6 Å². The number of esters is 2. The van der Waals surface area contributed by atoms with Gasteiger partial charge in [-0.25, -0.2) is 4.57 Å². The SMILES string of the molecule is CCCCC/C=C\C/C=C\CCCCCCCCCC(=O)OC(COC(=O)CCCCCCCCCCCCCCCCCCCCCCCC)COP(=O)(O)OCC(O)CO. The van der Waals surface area contributed by atoms with Gasteiger partial charge in [-0.05, 0) is 44.9 Å². The van der Waals surface area contributed by atoms with E-state index in [4.69, 9.17) is 23.6 Å². The molecule has 0 rings (SSSR count). The number of rotatable bonds is 49. The molecule has 62 heavy (non-hydrogen) atoms. The molecule has 366 valence electrons. The number of hydrogen-bond acceptors (Lipinski definition) is 9. The van der Waals surface area contributed by atoms with Gasteiger partial charge in [0.1, 0.15) is 12.7 Å². The number of carbonyl (C=O) groups excluding carboxylic acids is 2. The summed E-state index contributed by atoms with van der Waals surface area (Å²) in [5, 5.41) is 18.4. The maximum absolute atomic E-state index is 12.7. The summed E-state index contributed by atoms with van der Waals surface area (Å²) in [6, 6.07) is 0. The molecule has 0 aliphatic heterocycles. The molecule has 0 aromatic carbocycles. The van der Waals surface area contributed by atoms with Gasteiger partial charge in [-0.15, -0.1) is 0 Å². The molecule has 0 saturated heterocycles. The molecule has 0 aliphatic rings. The number of carbonyl (C=O) groups is 2. The van der Waals surface area contributed by atoms with Crippen molar-refractivity contribution in [2.45, 2.75) is 264 Å². The zero-order chi connectivity index (χ0) is 45.5. The van der Waals surface area contributed by atoms with Crippen LogP contribution in [0.5, 0.6) is 0 Å². The molecule has 0 saturated carbocycles. The summed E-state index contributed by atoms with van der Waals surface area (Å²) < 4.78 is 32.9. The van der Waals surface area contributed by atoms with E-state index in [1.54, 1.807) is 0 Å². The van der Waals surface area contributed by atoms with E-state index in [1.807, 2.05) is 0 Å². The molecule has 3 unspecified atom stereocenters. The molecular formula is C51H97O10P. The molecule has 0 fully saturated rings. The normalized spacial score (nSPS) is 13.8.